The van der Waals surface area contributed by atoms with Gasteiger partial charge < -0.3 is 4.90 Å². The molecule has 0 aliphatic carbocycles. The molecule has 0 saturated heterocycles. The van der Waals surface area contributed by atoms with Gasteiger partial charge in [0.2, 0.25) is 0 Å². The fourth-order valence-corrected chi connectivity index (χ4v) is 3.31. The van der Waals surface area contributed by atoms with E-state index >= 15 is 0 Å². The molecule has 1 aromatic heterocycles. The van der Waals surface area contributed by atoms with Crippen LogP contribution in [0.25, 0.3) is 11.0 Å². The second kappa shape index (κ2) is 6.26. The normalized spacial score (nSPS) is 11.5. The predicted molar refractivity (Wildman–Crippen MR) is 96.1 cm³/mol. The van der Waals surface area contributed by atoms with Crippen molar-refractivity contribution in [3.63, 3.8) is 0 Å². The van der Waals surface area contributed by atoms with E-state index in [0.717, 1.165) is 5.69 Å². The Bertz CT molecular complexity index is 989. The lowest BCUT2D eigenvalue weighted by molar-refractivity contribution is 0.601. The van der Waals surface area contributed by atoms with Crippen molar-refractivity contribution in [2.24, 2.45) is 0 Å². The van der Waals surface area contributed by atoms with E-state index in [2.05, 4.69) is 14.7 Å². The molecule has 24 heavy (non-hydrogen) atoms. The van der Waals surface area contributed by atoms with Crippen molar-refractivity contribution in [3.8, 4) is 0 Å². The van der Waals surface area contributed by atoms with E-state index in [1.54, 1.807) is 42.5 Å². The zero-order chi connectivity index (χ0) is 17.3. The summed E-state index contributed by atoms with van der Waals surface area (Å²) in [6.45, 7) is 0. The van der Waals surface area contributed by atoms with Crippen LogP contribution in [0.2, 0.25) is 5.02 Å². The Balaban J connectivity index is 1.89. The van der Waals surface area contributed by atoms with Crippen LogP contribution in [-0.4, -0.2) is 32.5 Å². The van der Waals surface area contributed by atoms with Crippen LogP contribution in [0.3, 0.4) is 0 Å². The van der Waals surface area contributed by atoms with Gasteiger partial charge in [0.1, 0.15) is 0 Å². The summed E-state index contributed by atoms with van der Waals surface area (Å²) >= 11 is 5.90. The van der Waals surface area contributed by atoms with Crippen molar-refractivity contribution < 1.29 is 8.42 Å². The summed E-state index contributed by atoms with van der Waals surface area (Å²) in [5.74, 6) is 0.154. The average Bonchev–Trinajstić information content (AvgIpc) is 2.55. The van der Waals surface area contributed by atoms with Gasteiger partial charge in [0.05, 0.1) is 22.1 Å². The Hall–Kier alpha value is -2.38. The number of nitrogens with one attached hydrogen (secondary N) is 1. The number of nitrogens with zero attached hydrogens (tertiary/aromatic N) is 3. The minimum absolute atomic E-state index is 0.154. The summed E-state index contributed by atoms with van der Waals surface area (Å²) in [7, 11) is 0.0455. The molecule has 1 heterocycles. The summed E-state index contributed by atoms with van der Waals surface area (Å²) in [6, 6.07) is 11.6. The third-order valence-corrected chi connectivity index (χ3v) is 5.01. The highest BCUT2D eigenvalue weighted by Crippen LogP contribution is 2.20. The van der Waals surface area contributed by atoms with Crippen molar-refractivity contribution in [1.29, 1.82) is 0 Å². The Morgan fingerprint density at radius 2 is 1.75 bits per heavy atom. The third-order valence-electron chi connectivity index (χ3n) is 3.41. The van der Waals surface area contributed by atoms with Crippen molar-refractivity contribution in [2.75, 3.05) is 23.7 Å². The lowest BCUT2D eigenvalue weighted by Crippen LogP contribution is -2.15. The number of benzene rings is 2. The number of anilines is 2. The fourth-order valence-electron chi connectivity index (χ4n) is 2.15. The van der Waals surface area contributed by atoms with E-state index in [1.165, 1.54) is 6.20 Å². The predicted octanol–water partition coefficient (Wildman–Crippen LogP) is 3.15. The Morgan fingerprint density at radius 3 is 2.42 bits per heavy atom. The number of halogens is 1. The topological polar surface area (TPSA) is 75.2 Å². The molecule has 0 atom stereocenters. The Labute approximate surface area is 145 Å². The molecule has 0 amide bonds. The maximum absolute atomic E-state index is 12.5. The van der Waals surface area contributed by atoms with Crippen LogP contribution in [0.4, 0.5) is 11.5 Å². The summed E-state index contributed by atoms with van der Waals surface area (Å²) in [5.41, 5.74) is 2.07. The van der Waals surface area contributed by atoms with Gasteiger partial charge in [0.15, 0.2) is 5.82 Å². The quantitative estimate of drug-likeness (QED) is 0.771. The van der Waals surface area contributed by atoms with Crippen LogP contribution in [0.15, 0.2) is 53.6 Å². The van der Waals surface area contributed by atoms with Crippen molar-refractivity contribution in [3.05, 3.63) is 53.7 Å². The summed E-state index contributed by atoms with van der Waals surface area (Å²) in [4.78, 5) is 10.5. The number of fused-ring (bicyclic) bond motifs is 1. The first-order valence-corrected chi connectivity index (χ1v) is 8.94. The van der Waals surface area contributed by atoms with Crippen LogP contribution in [-0.2, 0) is 10.0 Å². The van der Waals surface area contributed by atoms with E-state index in [0.29, 0.717) is 16.1 Å². The first kappa shape index (κ1) is 16.5. The van der Waals surface area contributed by atoms with E-state index in [1.807, 2.05) is 19.0 Å². The summed E-state index contributed by atoms with van der Waals surface area (Å²) in [5, 5.41) is 0.547. The lowest BCUT2D eigenvalue weighted by atomic mass is 10.3. The van der Waals surface area contributed by atoms with Crippen LogP contribution in [0, 0.1) is 0 Å². The van der Waals surface area contributed by atoms with Crippen LogP contribution in [0.1, 0.15) is 0 Å². The number of sulfonamides is 1. The minimum Gasteiger partial charge on any atom is -0.378 e. The maximum Gasteiger partial charge on any atom is 0.263 e. The van der Waals surface area contributed by atoms with Gasteiger partial charge in [-0.25, -0.2) is 13.4 Å². The van der Waals surface area contributed by atoms with Gasteiger partial charge in [-0.15, -0.1) is 0 Å². The monoisotopic (exact) mass is 362 g/mol. The largest absolute Gasteiger partial charge is 0.378 e. The summed E-state index contributed by atoms with van der Waals surface area (Å²) < 4.78 is 27.4. The van der Waals surface area contributed by atoms with E-state index < -0.39 is 10.0 Å². The first-order valence-electron chi connectivity index (χ1n) is 7.08. The molecule has 0 saturated carbocycles. The third kappa shape index (κ3) is 3.42. The van der Waals surface area contributed by atoms with Gasteiger partial charge in [-0.3, -0.25) is 9.71 Å². The zero-order valence-corrected chi connectivity index (χ0v) is 14.6. The van der Waals surface area contributed by atoms with Crippen molar-refractivity contribution >= 4 is 44.2 Å². The SMILES string of the molecule is CN(C)c1ccc(S(=O)(=O)Nc2cnc3cc(Cl)ccc3n2)cc1. The lowest BCUT2D eigenvalue weighted by Gasteiger charge is -2.13. The highest BCUT2D eigenvalue weighted by Gasteiger charge is 2.15. The van der Waals surface area contributed by atoms with Gasteiger partial charge in [-0.2, -0.15) is 0 Å². The average molecular weight is 363 g/mol. The van der Waals surface area contributed by atoms with E-state index in [-0.39, 0.29) is 10.7 Å². The smallest absolute Gasteiger partial charge is 0.263 e. The minimum atomic E-state index is -3.73. The first-order chi connectivity index (χ1) is 11.3. The number of rotatable bonds is 4. The summed E-state index contributed by atoms with van der Waals surface area (Å²) in [6.07, 6.45) is 1.37. The van der Waals surface area contributed by atoms with Crippen LogP contribution in [0.5, 0.6) is 0 Å². The molecule has 3 aromatic rings. The molecular weight excluding hydrogens is 348 g/mol. The molecule has 6 nitrogen and oxygen atoms in total. The highest BCUT2D eigenvalue weighted by molar-refractivity contribution is 7.92. The van der Waals surface area contributed by atoms with Gasteiger partial charge >= 0.3 is 0 Å². The second-order valence-corrected chi connectivity index (χ2v) is 7.50. The van der Waals surface area contributed by atoms with Crippen molar-refractivity contribution in [1.82, 2.24) is 9.97 Å². The Morgan fingerprint density at radius 1 is 1.04 bits per heavy atom. The maximum atomic E-state index is 12.5. The van der Waals surface area contributed by atoms with Gasteiger partial charge in [-0.05, 0) is 42.5 Å². The highest BCUT2D eigenvalue weighted by atomic mass is 35.5. The van der Waals surface area contributed by atoms with Gasteiger partial charge in [-0.1, -0.05) is 11.6 Å². The molecule has 0 aliphatic rings. The fraction of sp³-hybridized carbons (Fsp3) is 0.125. The second-order valence-electron chi connectivity index (χ2n) is 5.38. The number of hydrogen-bond acceptors (Lipinski definition) is 5. The Kier molecular flexibility index (Phi) is 4.29. The molecule has 3 rings (SSSR count). The number of aromatic nitrogens is 2. The molecule has 0 fully saturated rings. The molecule has 1 N–H and O–H groups in total. The molecule has 0 aliphatic heterocycles. The van der Waals surface area contributed by atoms with Crippen molar-refractivity contribution in [2.45, 2.75) is 4.90 Å². The molecule has 124 valence electrons. The molecule has 0 spiro atoms. The molecule has 8 heteroatoms. The van der Waals surface area contributed by atoms with Gasteiger partial charge in [0, 0.05) is 24.8 Å². The molecule has 2 aromatic carbocycles. The standard InChI is InChI=1S/C16H15ClN4O2S/c1-21(2)12-4-6-13(7-5-12)24(22,23)20-16-10-18-15-9-11(17)3-8-14(15)19-16/h3-10H,1-2H3,(H,19,20). The van der Waals surface area contributed by atoms with Gasteiger partial charge in [0.25, 0.3) is 10.0 Å². The van der Waals surface area contributed by atoms with Crippen LogP contribution < -0.4 is 9.62 Å². The van der Waals surface area contributed by atoms with E-state index in [4.69, 9.17) is 11.6 Å². The number of hydrogen-bond donors (Lipinski definition) is 1. The molecular formula is C16H15ClN4O2S. The molecule has 0 radical (unpaired) electrons. The van der Waals surface area contributed by atoms with Crippen LogP contribution >= 0.6 is 11.6 Å². The molecule has 0 bridgehead atoms. The zero-order valence-electron chi connectivity index (χ0n) is 13.1. The molecule has 0 unspecified atom stereocenters. The van der Waals surface area contributed by atoms with E-state index in [9.17, 15) is 8.42 Å².